The summed E-state index contributed by atoms with van der Waals surface area (Å²) in [5.74, 6) is 1.86. The van der Waals surface area contributed by atoms with E-state index in [-0.39, 0.29) is 18.4 Å². The summed E-state index contributed by atoms with van der Waals surface area (Å²) < 4.78 is 1.64. The molecule has 1 aliphatic rings. The van der Waals surface area contributed by atoms with E-state index in [1.165, 1.54) is 29.3 Å². The first kappa shape index (κ1) is 20.1. The van der Waals surface area contributed by atoms with Gasteiger partial charge in [0.2, 0.25) is 11.8 Å². The molecular weight excluding hydrogens is 374 g/mol. The third kappa shape index (κ3) is 4.09. The van der Waals surface area contributed by atoms with Crippen LogP contribution in [0.1, 0.15) is 49.0 Å². The van der Waals surface area contributed by atoms with Crippen LogP contribution in [0.2, 0.25) is 0 Å². The van der Waals surface area contributed by atoms with Crippen LogP contribution in [0.5, 0.6) is 0 Å². The van der Waals surface area contributed by atoms with Crippen LogP contribution in [0.15, 0.2) is 6.20 Å². The van der Waals surface area contributed by atoms with Gasteiger partial charge in [-0.15, -0.1) is 11.3 Å². The Morgan fingerprint density at radius 2 is 2.18 bits per heavy atom. The lowest BCUT2D eigenvalue weighted by Crippen LogP contribution is -2.21. The zero-order chi connectivity index (χ0) is 20.4. The highest BCUT2D eigenvalue weighted by atomic mass is 32.1. The third-order valence-corrected chi connectivity index (χ3v) is 6.44. The topological polar surface area (TPSA) is 99.8 Å². The van der Waals surface area contributed by atoms with Crippen molar-refractivity contribution in [2.75, 3.05) is 10.6 Å². The normalized spacial score (nSPS) is 15.8. The zero-order valence-electron chi connectivity index (χ0n) is 16.6. The van der Waals surface area contributed by atoms with Crippen molar-refractivity contribution in [3.8, 4) is 6.07 Å². The highest BCUT2D eigenvalue weighted by molar-refractivity contribution is 7.16. The molecule has 2 aromatic rings. The molecule has 0 bridgehead atoms. The first-order chi connectivity index (χ1) is 13.3. The van der Waals surface area contributed by atoms with E-state index in [4.69, 9.17) is 0 Å². The number of hydrogen-bond donors (Lipinski definition) is 2. The third-order valence-electron chi connectivity index (χ3n) is 5.27. The molecule has 28 heavy (non-hydrogen) atoms. The second-order valence-corrected chi connectivity index (χ2v) is 8.68. The van der Waals surface area contributed by atoms with Crippen molar-refractivity contribution in [1.29, 1.82) is 5.26 Å². The van der Waals surface area contributed by atoms with E-state index in [0.717, 1.165) is 24.8 Å². The number of rotatable bonds is 5. The van der Waals surface area contributed by atoms with Crippen molar-refractivity contribution in [3.63, 3.8) is 0 Å². The molecule has 2 N–H and O–H groups in total. The highest BCUT2D eigenvalue weighted by Crippen LogP contribution is 2.41. The van der Waals surface area contributed by atoms with E-state index in [1.807, 2.05) is 0 Å². The monoisotopic (exact) mass is 399 g/mol. The predicted molar refractivity (Wildman–Crippen MR) is 109 cm³/mol. The number of amides is 2. The van der Waals surface area contributed by atoms with Gasteiger partial charge < -0.3 is 15.2 Å². The van der Waals surface area contributed by atoms with Crippen LogP contribution in [-0.4, -0.2) is 21.4 Å². The molecule has 1 aliphatic carbocycles. The number of imidazole rings is 1. The minimum atomic E-state index is -0.247. The maximum Gasteiger partial charge on any atom is 0.245 e. The number of hydrogen-bond acceptors (Lipinski definition) is 5. The molecule has 0 aromatic carbocycles. The smallest absolute Gasteiger partial charge is 0.245 e. The Labute approximate surface area is 168 Å². The Kier molecular flexibility index (Phi) is 5.84. The molecule has 3 rings (SSSR count). The summed E-state index contributed by atoms with van der Waals surface area (Å²) in [4.78, 5) is 29.4. The Morgan fingerprint density at radius 1 is 1.43 bits per heavy atom. The van der Waals surface area contributed by atoms with Crippen LogP contribution in [-0.2, 0) is 29.0 Å². The van der Waals surface area contributed by atoms with Gasteiger partial charge in [0.05, 0.1) is 11.8 Å². The molecule has 7 nitrogen and oxygen atoms in total. The second-order valence-electron chi connectivity index (χ2n) is 7.57. The number of fused-ring (bicyclic) bond motifs is 1. The van der Waals surface area contributed by atoms with Crippen LogP contribution in [0, 0.1) is 30.1 Å². The molecule has 0 spiro atoms. The Hall–Kier alpha value is -2.66. The Bertz CT molecular complexity index is 951. The SMILES string of the molecule is CC(=O)Nc1cnc(C)n1CC(=O)Nc1sc2c(c1C#N)CCC(C(C)C)C2. The van der Waals surface area contributed by atoms with E-state index in [0.29, 0.717) is 34.0 Å². The summed E-state index contributed by atoms with van der Waals surface area (Å²) >= 11 is 1.52. The summed E-state index contributed by atoms with van der Waals surface area (Å²) in [6.45, 7) is 7.67. The molecule has 1 atom stereocenters. The number of carbonyl (C=O) groups is 2. The van der Waals surface area contributed by atoms with Crippen LogP contribution < -0.4 is 10.6 Å². The fourth-order valence-electron chi connectivity index (χ4n) is 3.64. The summed E-state index contributed by atoms with van der Waals surface area (Å²) in [6, 6.07) is 2.28. The summed E-state index contributed by atoms with van der Waals surface area (Å²) in [5, 5.41) is 15.8. The largest absolute Gasteiger partial charge is 0.315 e. The van der Waals surface area contributed by atoms with E-state index in [9.17, 15) is 14.9 Å². The molecular formula is C20H25N5O2S. The predicted octanol–water partition coefficient (Wildman–Crippen LogP) is 3.48. The van der Waals surface area contributed by atoms with E-state index >= 15 is 0 Å². The molecule has 2 heterocycles. The van der Waals surface area contributed by atoms with E-state index in [2.05, 4.69) is 35.5 Å². The lowest BCUT2D eigenvalue weighted by Gasteiger charge is -2.25. The van der Waals surface area contributed by atoms with Crippen molar-refractivity contribution in [2.45, 2.75) is 53.5 Å². The van der Waals surface area contributed by atoms with Gasteiger partial charge in [-0.1, -0.05) is 13.8 Å². The number of thiophene rings is 1. The number of nitriles is 1. The van der Waals surface area contributed by atoms with Crippen molar-refractivity contribution in [1.82, 2.24) is 9.55 Å². The zero-order valence-corrected chi connectivity index (χ0v) is 17.4. The van der Waals surface area contributed by atoms with Gasteiger partial charge >= 0.3 is 0 Å². The fraction of sp³-hybridized carbons (Fsp3) is 0.500. The van der Waals surface area contributed by atoms with E-state index in [1.54, 1.807) is 11.5 Å². The van der Waals surface area contributed by atoms with E-state index < -0.39 is 0 Å². The molecule has 0 saturated heterocycles. The first-order valence-corrected chi connectivity index (χ1v) is 10.3. The van der Waals surface area contributed by atoms with Gasteiger partial charge in [-0.3, -0.25) is 9.59 Å². The Balaban J connectivity index is 1.78. The average molecular weight is 400 g/mol. The maximum absolute atomic E-state index is 12.6. The first-order valence-electron chi connectivity index (χ1n) is 9.44. The average Bonchev–Trinajstić information content (AvgIpc) is 3.14. The molecule has 0 saturated carbocycles. The number of nitrogens with zero attached hydrogens (tertiary/aromatic N) is 3. The van der Waals surface area contributed by atoms with Crippen molar-refractivity contribution < 1.29 is 9.59 Å². The summed E-state index contributed by atoms with van der Waals surface area (Å²) in [6.07, 6.45) is 4.47. The van der Waals surface area contributed by atoms with Gasteiger partial charge in [0.1, 0.15) is 29.3 Å². The van der Waals surface area contributed by atoms with Gasteiger partial charge in [0.25, 0.3) is 0 Å². The molecule has 148 valence electrons. The molecule has 2 amide bonds. The van der Waals surface area contributed by atoms with Crippen LogP contribution in [0.25, 0.3) is 0 Å². The highest BCUT2D eigenvalue weighted by Gasteiger charge is 2.28. The summed E-state index contributed by atoms with van der Waals surface area (Å²) in [7, 11) is 0. The minimum absolute atomic E-state index is 0.0174. The fourth-order valence-corrected chi connectivity index (χ4v) is 4.95. The van der Waals surface area contributed by atoms with Crippen molar-refractivity contribution in [3.05, 3.63) is 28.0 Å². The lowest BCUT2D eigenvalue weighted by molar-refractivity contribution is -0.117. The van der Waals surface area contributed by atoms with Crippen LogP contribution in [0.4, 0.5) is 10.8 Å². The molecule has 0 fully saturated rings. The Morgan fingerprint density at radius 3 is 2.82 bits per heavy atom. The lowest BCUT2D eigenvalue weighted by atomic mass is 9.81. The van der Waals surface area contributed by atoms with Gasteiger partial charge in [-0.2, -0.15) is 5.26 Å². The summed E-state index contributed by atoms with van der Waals surface area (Å²) in [5.41, 5.74) is 1.69. The molecule has 2 aromatic heterocycles. The van der Waals surface area contributed by atoms with Gasteiger partial charge in [-0.25, -0.2) is 4.98 Å². The quantitative estimate of drug-likeness (QED) is 0.804. The number of aryl methyl sites for hydroxylation is 1. The number of nitrogens with one attached hydrogen (secondary N) is 2. The van der Waals surface area contributed by atoms with Gasteiger partial charge in [0.15, 0.2) is 0 Å². The number of aromatic nitrogens is 2. The molecule has 8 heteroatoms. The molecule has 1 unspecified atom stereocenters. The maximum atomic E-state index is 12.6. The van der Waals surface area contributed by atoms with Gasteiger partial charge in [-0.05, 0) is 43.6 Å². The minimum Gasteiger partial charge on any atom is -0.315 e. The molecule has 0 radical (unpaired) electrons. The van der Waals surface area contributed by atoms with Crippen LogP contribution >= 0.6 is 11.3 Å². The molecule has 0 aliphatic heterocycles. The van der Waals surface area contributed by atoms with Gasteiger partial charge in [0, 0.05) is 11.8 Å². The standard InChI is InChI=1S/C20H25N5O2S/c1-11(2)14-5-6-15-16(8-21)20(28-17(15)7-14)24-19(27)10-25-12(3)22-9-18(25)23-13(4)26/h9,11,14H,5-7,10H2,1-4H3,(H,23,26)(H,24,27). The van der Waals surface area contributed by atoms with Crippen molar-refractivity contribution in [2.24, 2.45) is 11.8 Å². The number of anilines is 2. The second kappa shape index (κ2) is 8.15. The van der Waals surface area contributed by atoms with Crippen LogP contribution in [0.3, 0.4) is 0 Å². The van der Waals surface area contributed by atoms with Crippen molar-refractivity contribution >= 4 is 34.0 Å². The number of carbonyl (C=O) groups excluding carboxylic acids is 2.